The molecule has 0 saturated carbocycles. The maximum Gasteiger partial charge on any atom is 0.261 e. The number of sulfonamides is 1. The number of fused-ring (bicyclic) bond motifs is 1. The molecule has 0 radical (unpaired) electrons. The Hall–Kier alpha value is -3.64. The Morgan fingerprint density at radius 1 is 0.781 bits per heavy atom. The lowest BCUT2D eigenvalue weighted by Gasteiger charge is -2.10. The van der Waals surface area contributed by atoms with Gasteiger partial charge in [-0.3, -0.25) is 9.52 Å². The van der Waals surface area contributed by atoms with E-state index in [0.717, 1.165) is 12.8 Å². The van der Waals surface area contributed by atoms with Gasteiger partial charge in [-0.1, -0.05) is 66.7 Å². The number of benzene rings is 4. The van der Waals surface area contributed by atoms with Gasteiger partial charge in [0.2, 0.25) is 0 Å². The van der Waals surface area contributed by atoms with Crippen molar-refractivity contribution in [3.8, 4) is 0 Å². The quantitative estimate of drug-likeness (QED) is 0.376. The van der Waals surface area contributed by atoms with Gasteiger partial charge in [0.1, 0.15) is 0 Å². The minimum Gasteiger partial charge on any atom is -0.352 e. The number of nitrogens with one attached hydrogen (secondary N) is 2. The molecule has 162 valence electrons. The third-order valence-electron chi connectivity index (χ3n) is 5.22. The van der Waals surface area contributed by atoms with Crippen LogP contribution in [0.3, 0.4) is 0 Å². The molecule has 5 nitrogen and oxygen atoms in total. The van der Waals surface area contributed by atoms with Crippen LogP contribution in [0.5, 0.6) is 0 Å². The smallest absolute Gasteiger partial charge is 0.261 e. The summed E-state index contributed by atoms with van der Waals surface area (Å²) in [5, 5.41) is 5.32. The van der Waals surface area contributed by atoms with E-state index in [1.54, 1.807) is 36.4 Å². The number of hydrogen-bond acceptors (Lipinski definition) is 3. The molecule has 4 aromatic carbocycles. The van der Waals surface area contributed by atoms with Crippen molar-refractivity contribution in [3.63, 3.8) is 0 Å². The molecule has 0 aromatic heterocycles. The Kier molecular flexibility index (Phi) is 6.52. The van der Waals surface area contributed by atoms with Crippen molar-refractivity contribution in [2.75, 3.05) is 11.3 Å². The lowest BCUT2D eigenvalue weighted by Crippen LogP contribution is -2.25. The first-order valence-corrected chi connectivity index (χ1v) is 11.9. The van der Waals surface area contributed by atoms with Gasteiger partial charge in [-0.25, -0.2) is 8.42 Å². The fourth-order valence-electron chi connectivity index (χ4n) is 3.62. The molecule has 32 heavy (non-hydrogen) atoms. The Morgan fingerprint density at radius 2 is 1.50 bits per heavy atom. The molecule has 0 saturated heterocycles. The van der Waals surface area contributed by atoms with Gasteiger partial charge in [0.15, 0.2) is 0 Å². The Morgan fingerprint density at radius 3 is 2.34 bits per heavy atom. The van der Waals surface area contributed by atoms with Crippen molar-refractivity contribution < 1.29 is 13.2 Å². The number of rotatable bonds is 8. The molecule has 0 aliphatic heterocycles. The number of amides is 1. The normalized spacial score (nSPS) is 11.2. The molecule has 0 aliphatic rings. The highest BCUT2D eigenvalue weighted by Gasteiger charge is 2.16. The maximum atomic E-state index is 12.7. The maximum absolute atomic E-state index is 12.7. The lowest BCUT2D eigenvalue weighted by atomic mass is 10.0. The van der Waals surface area contributed by atoms with Crippen LogP contribution < -0.4 is 10.0 Å². The molecule has 1 amide bonds. The molecule has 4 aromatic rings. The monoisotopic (exact) mass is 444 g/mol. The molecular weight excluding hydrogens is 420 g/mol. The zero-order valence-electron chi connectivity index (χ0n) is 17.5. The fraction of sp³-hybridized carbons (Fsp3) is 0.115. The van der Waals surface area contributed by atoms with Crippen LogP contribution in [0.2, 0.25) is 0 Å². The van der Waals surface area contributed by atoms with E-state index >= 15 is 0 Å². The van der Waals surface area contributed by atoms with Crippen LogP contribution in [0.1, 0.15) is 22.3 Å². The lowest BCUT2D eigenvalue weighted by molar-refractivity contribution is 0.0953. The molecule has 0 atom stereocenters. The number of carbonyl (C=O) groups excluding carboxylic acids is 1. The van der Waals surface area contributed by atoms with E-state index in [1.165, 1.54) is 28.5 Å². The SMILES string of the molecule is O=C(NCCCc1cccc2ccccc12)c1cccc(S(=O)(=O)Nc2ccccc2)c1. The second-order valence-corrected chi connectivity index (χ2v) is 9.18. The first-order chi connectivity index (χ1) is 15.5. The van der Waals surface area contributed by atoms with E-state index in [9.17, 15) is 13.2 Å². The van der Waals surface area contributed by atoms with Gasteiger partial charge in [-0.2, -0.15) is 0 Å². The molecule has 0 aliphatic carbocycles. The van der Waals surface area contributed by atoms with Crippen molar-refractivity contribution >= 4 is 32.4 Å². The van der Waals surface area contributed by atoms with E-state index in [-0.39, 0.29) is 10.8 Å². The van der Waals surface area contributed by atoms with Crippen molar-refractivity contribution in [2.45, 2.75) is 17.7 Å². The van der Waals surface area contributed by atoms with Gasteiger partial charge in [0.25, 0.3) is 15.9 Å². The summed E-state index contributed by atoms with van der Waals surface area (Å²) in [5.74, 6) is -0.292. The number of hydrogen-bond donors (Lipinski definition) is 2. The van der Waals surface area contributed by atoms with Gasteiger partial charge >= 0.3 is 0 Å². The second-order valence-electron chi connectivity index (χ2n) is 7.50. The summed E-state index contributed by atoms with van der Waals surface area (Å²) in [6.07, 6.45) is 1.63. The fourth-order valence-corrected chi connectivity index (χ4v) is 4.72. The minimum atomic E-state index is -3.78. The van der Waals surface area contributed by atoms with E-state index < -0.39 is 10.0 Å². The molecule has 4 rings (SSSR count). The third kappa shape index (κ3) is 5.15. The van der Waals surface area contributed by atoms with Gasteiger partial charge in [-0.05, 0) is 59.5 Å². The van der Waals surface area contributed by atoms with Crippen LogP contribution in [0.25, 0.3) is 10.8 Å². The van der Waals surface area contributed by atoms with Crippen molar-refractivity contribution in [1.29, 1.82) is 0 Å². The number of para-hydroxylation sites is 1. The predicted molar refractivity (Wildman–Crippen MR) is 128 cm³/mol. The topological polar surface area (TPSA) is 75.3 Å². The van der Waals surface area contributed by atoms with Crippen LogP contribution in [0.15, 0.2) is 102 Å². The number of aryl methyl sites for hydroxylation is 1. The van der Waals surface area contributed by atoms with Gasteiger partial charge < -0.3 is 5.32 Å². The summed E-state index contributed by atoms with van der Waals surface area (Å²) >= 11 is 0. The Balaban J connectivity index is 1.37. The standard InChI is InChI=1S/C26H24N2O3S/c29-26(27-18-8-13-21-11-6-10-20-9-4-5-17-25(20)21)22-12-7-16-24(19-22)32(30,31)28-23-14-2-1-3-15-23/h1-7,9-12,14-17,19,28H,8,13,18H2,(H,27,29). The summed E-state index contributed by atoms with van der Waals surface area (Å²) in [5.41, 5.74) is 2.03. The molecule has 0 fully saturated rings. The van der Waals surface area contributed by atoms with E-state index in [4.69, 9.17) is 0 Å². The molecule has 6 heteroatoms. The van der Waals surface area contributed by atoms with Gasteiger partial charge in [0, 0.05) is 17.8 Å². The average Bonchev–Trinajstić information content (AvgIpc) is 2.82. The van der Waals surface area contributed by atoms with Crippen molar-refractivity contribution in [1.82, 2.24) is 5.32 Å². The van der Waals surface area contributed by atoms with Gasteiger partial charge in [0.05, 0.1) is 4.90 Å². The molecule has 0 spiro atoms. The van der Waals surface area contributed by atoms with E-state index in [2.05, 4.69) is 34.3 Å². The average molecular weight is 445 g/mol. The molecule has 2 N–H and O–H groups in total. The first-order valence-electron chi connectivity index (χ1n) is 10.5. The highest BCUT2D eigenvalue weighted by molar-refractivity contribution is 7.92. The van der Waals surface area contributed by atoms with Crippen LogP contribution in [-0.2, 0) is 16.4 Å². The Labute approximate surface area is 188 Å². The van der Waals surface area contributed by atoms with Crippen molar-refractivity contribution in [3.05, 3.63) is 108 Å². The largest absolute Gasteiger partial charge is 0.352 e. The molecule has 0 bridgehead atoms. The van der Waals surface area contributed by atoms with Crippen LogP contribution in [-0.4, -0.2) is 20.9 Å². The van der Waals surface area contributed by atoms with E-state index in [1.807, 2.05) is 24.3 Å². The summed E-state index contributed by atoms with van der Waals surface area (Å²) in [6.45, 7) is 0.501. The van der Waals surface area contributed by atoms with Crippen LogP contribution in [0.4, 0.5) is 5.69 Å². The van der Waals surface area contributed by atoms with Crippen LogP contribution >= 0.6 is 0 Å². The summed E-state index contributed by atoms with van der Waals surface area (Å²) in [7, 11) is -3.78. The highest BCUT2D eigenvalue weighted by atomic mass is 32.2. The predicted octanol–water partition coefficient (Wildman–Crippen LogP) is 5.00. The first kappa shape index (κ1) is 21.6. The third-order valence-corrected chi connectivity index (χ3v) is 6.60. The van der Waals surface area contributed by atoms with E-state index in [0.29, 0.717) is 17.8 Å². The molecule has 0 unspecified atom stereocenters. The highest BCUT2D eigenvalue weighted by Crippen LogP contribution is 2.20. The minimum absolute atomic E-state index is 0.0461. The molecular formula is C26H24N2O3S. The van der Waals surface area contributed by atoms with Crippen LogP contribution in [0, 0.1) is 0 Å². The summed E-state index contributed by atoms with van der Waals surface area (Å²) in [4.78, 5) is 12.6. The zero-order valence-corrected chi connectivity index (χ0v) is 18.3. The summed E-state index contributed by atoms with van der Waals surface area (Å²) in [6, 6.07) is 29.2. The number of anilines is 1. The zero-order chi connectivity index (χ0) is 22.4. The summed E-state index contributed by atoms with van der Waals surface area (Å²) < 4.78 is 27.8. The molecule has 0 heterocycles. The Bertz CT molecular complexity index is 1330. The van der Waals surface area contributed by atoms with Gasteiger partial charge in [-0.15, -0.1) is 0 Å². The number of carbonyl (C=O) groups is 1. The second kappa shape index (κ2) is 9.66. The van der Waals surface area contributed by atoms with Crippen molar-refractivity contribution in [2.24, 2.45) is 0 Å².